The minimum atomic E-state index is -0.0510. The molecule has 2 amide bonds. The van der Waals surface area contributed by atoms with E-state index in [4.69, 9.17) is 4.98 Å². The van der Waals surface area contributed by atoms with Gasteiger partial charge in [-0.1, -0.05) is 13.8 Å². The van der Waals surface area contributed by atoms with Crippen molar-refractivity contribution in [1.82, 2.24) is 40.0 Å². The maximum absolute atomic E-state index is 13.1. The molecule has 0 atom stereocenters. The zero-order valence-electron chi connectivity index (χ0n) is 21.2. The van der Waals surface area contributed by atoms with Crippen molar-refractivity contribution in [3.63, 3.8) is 0 Å². The molecule has 0 saturated carbocycles. The Kier molecular flexibility index (Phi) is 6.02. The molecule has 0 aromatic carbocycles. The van der Waals surface area contributed by atoms with Gasteiger partial charge < -0.3 is 15.2 Å². The minimum Gasteiger partial charge on any atom is -0.339 e. The third kappa shape index (κ3) is 4.47. The summed E-state index contributed by atoms with van der Waals surface area (Å²) in [7, 11) is 0. The lowest BCUT2D eigenvalue weighted by molar-refractivity contribution is -0.116. The first-order valence-electron chi connectivity index (χ1n) is 12.7. The fourth-order valence-electron chi connectivity index (χ4n) is 4.79. The SMILES string of the molecule is CC(C)CC(=O)Nc1cncc(-c2cnc3n[nH]c(-c4nc5c(C(=O)N6CCCC6)cncc5[nH]4)c3c2)c1. The van der Waals surface area contributed by atoms with Crippen LogP contribution in [0.4, 0.5) is 5.69 Å². The van der Waals surface area contributed by atoms with Gasteiger partial charge >= 0.3 is 0 Å². The summed E-state index contributed by atoms with van der Waals surface area (Å²) in [6, 6.07) is 3.83. The smallest absolute Gasteiger partial charge is 0.257 e. The van der Waals surface area contributed by atoms with E-state index < -0.39 is 0 Å². The number of nitrogens with zero attached hydrogens (tertiary/aromatic N) is 6. The van der Waals surface area contributed by atoms with E-state index in [1.54, 1.807) is 31.0 Å². The molecule has 0 aliphatic carbocycles. The number of nitrogens with one attached hydrogen (secondary N) is 3. The number of hydrogen-bond donors (Lipinski definition) is 3. The number of aromatic nitrogens is 7. The monoisotopic (exact) mass is 509 g/mol. The van der Waals surface area contributed by atoms with E-state index >= 15 is 0 Å². The van der Waals surface area contributed by atoms with Crippen LogP contribution in [0.15, 0.2) is 43.1 Å². The lowest BCUT2D eigenvalue weighted by Gasteiger charge is -2.14. The molecular weight excluding hydrogens is 482 g/mol. The first-order valence-corrected chi connectivity index (χ1v) is 12.7. The van der Waals surface area contributed by atoms with Crippen molar-refractivity contribution in [3.8, 4) is 22.6 Å². The number of amides is 2. The molecule has 6 heterocycles. The number of pyridine rings is 3. The number of anilines is 1. The van der Waals surface area contributed by atoms with E-state index in [0.29, 0.717) is 45.9 Å². The van der Waals surface area contributed by atoms with E-state index in [2.05, 4.69) is 35.5 Å². The summed E-state index contributed by atoms with van der Waals surface area (Å²) in [4.78, 5) is 48.3. The average molecular weight is 510 g/mol. The lowest BCUT2D eigenvalue weighted by atomic mass is 10.1. The Morgan fingerprint density at radius 1 is 1.03 bits per heavy atom. The van der Waals surface area contributed by atoms with Gasteiger partial charge in [-0.3, -0.25) is 24.7 Å². The molecule has 6 rings (SSSR count). The molecule has 11 heteroatoms. The molecule has 1 fully saturated rings. The van der Waals surface area contributed by atoms with Crippen LogP contribution in [0.2, 0.25) is 0 Å². The highest BCUT2D eigenvalue weighted by Gasteiger charge is 2.24. The third-order valence-electron chi connectivity index (χ3n) is 6.61. The van der Waals surface area contributed by atoms with Crippen molar-refractivity contribution in [2.24, 2.45) is 5.92 Å². The van der Waals surface area contributed by atoms with E-state index in [9.17, 15) is 9.59 Å². The zero-order chi connectivity index (χ0) is 26.2. The van der Waals surface area contributed by atoms with Crippen molar-refractivity contribution >= 4 is 39.6 Å². The largest absolute Gasteiger partial charge is 0.339 e. The molecule has 0 spiro atoms. The second-order valence-electron chi connectivity index (χ2n) is 9.97. The maximum Gasteiger partial charge on any atom is 0.257 e. The predicted octanol–water partition coefficient (Wildman–Crippen LogP) is 4.18. The number of hydrogen-bond acceptors (Lipinski definition) is 7. The van der Waals surface area contributed by atoms with Gasteiger partial charge in [0.15, 0.2) is 11.5 Å². The van der Waals surface area contributed by atoms with Crippen LogP contribution in [0.5, 0.6) is 0 Å². The van der Waals surface area contributed by atoms with Crippen molar-refractivity contribution in [1.29, 1.82) is 0 Å². The quantitative estimate of drug-likeness (QED) is 0.311. The third-order valence-corrected chi connectivity index (χ3v) is 6.61. The number of carbonyl (C=O) groups excluding carboxylic acids is 2. The Morgan fingerprint density at radius 3 is 2.63 bits per heavy atom. The fraction of sp³-hybridized carbons (Fsp3) is 0.296. The summed E-state index contributed by atoms with van der Waals surface area (Å²) in [5, 5.41) is 11.1. The van der Waals surface area contributed by atoms with Gasteiger partial charge in [-0.05, 0) is 30.9 Å². The van der Waals surface area contributed by atoms with E-state index in [1.807, 2.05) is 30.9 Å². The number of rotatable bonds is 6. The molecule has 3 N–H and O–H groups in total. The highest BCUT2D eigenvalue weighted by molar-refractivity contribution is 6.05. The number of imidazole rings is 1. The van der Waals surface area contributed by atoms with Crippen LogP contribution < -0.4 is 5.32 Å². The standard InChI is InChI=1S/C27H27N9O2/c1-15(2)7-22(37)31-18-8-16(10-28-12-18)17-9-19-24(34-35-25(19)30-11-17)26-32-21-14-29-13-20(23(21)33-26)27(38)36-5-3-4-6-36/h8-15H,3-7H2,1-2H3,(H,31,37)(H,32,33)(H,30,34,35). The summed E-state index contributed by atoms with van der Waals surface area (Å²) in [5.41, 5.74) is 5.16. The second-order valence-corrected chi connectivity index (χ2v) is 9.97. The fourth-order valence-corrected chi connectivity index (χ4v) is 4.79. The summed E-state index contributed by atoms with van der Waals surface area (Å²) in [5.74, 6) is 0.704. The summed E-state index contributed by atoms with van der Waals surface area (Å²) < 4.78 is 0. The lowest BCUT2D eigenvalue weighted by Crippen LogP contribution is -2.27. The Hall–Kier alpha value is -4.67. The highest BCUT2D eigenvalue weighted by atomic mass is 16.2. The van der Waals surface area contributed by atoms with Crippen molar-refractivity contribution < 1.29 is 9.59 Å². The van der Waals surface area contributed by atoms with Gasteiger partial charge in [0.1, 0.15) is 11.2 Å². The first kappa shape index (κ1) is 23.7. The van der Waals surface area contributed by atoms with Crippen LogP contribution in [0, 0.1) is 5.92 Å². The zero-order valence-corrected chi connectivity index (χ0v) is 21.2. The average Bonchev–Trinajstić information content (AvgIpc) is 3.66. The first-order chi connectivity index (χ1) is 18.5. The van der Waals surface area contributed by atoms with Crippen LogP contribution in [0.3, 0.4) is 0 Å². The molecule has 5 aromatic heterocycles. The van der Waals surface area contributed by atoms with Gasteiger partial charge in [0, 0.05) is 49.2 Å². The number of H-pyrrole nitrogens is 2. The molecule has 1 aliphatic heterocycles. The van der Waals surface area contributed by atoms with Gasteiger partial charge in [0.25, 0.3) is 5.91 Å². The van der Waals surface area contributed by atoms with E-state index in [0.717, 1.165) is 42.4 Å². The van der Waals surface area contributed by atoms with Crippen LogP contribution in [0.1, 0.15) is 43.5 Å². The Balaban J connectivity index is 1.35. The molecular formula is C27H27N9O2. The van der Waals surface area contributed by atoms with Crippen LogP contribution >= 0.6 is 0 Å². The minimum absolute atomic E-state index is 0.0494. The Morgan fingerprint density at radius 2 is 1.82 bits per heavy atom. The molecule has 0 bridgehead atoms. The van der Waals surface area contributed by atoms with Gasteiger partial charge in [0.05, 0.1) is 34.5 Å². The van der Waals surface area contributed by atoms with Gasteiger partial charge in [-0.15, -0.1) is 0 Å². The topological polar surface area (TPSA) is 145 Å². The number of carbonyl (C=O) groups is 2. The molecule has 0 unspecified atom stereocenters. The van der Waals surface area contributed by atoms with Crippen molar-refractivity contribution in [2.45, 2.75) is 33.1 Å². The van der Waals surface area contributed by atoms with Gasteiger partial charge in [0.2, 0.25) is 5.91 Å². The second kappa shape index (κ2) is 9.66. The van der Waals surface area contributed by atoms with Crippen molar-refractivity contribution in [3.05, 3.63) is 48.7 Å². The normalized spacial score (nSPS) is 13.6. The van der Waals surface area contributed by atoms with E-state index in [-0.39, 0.29) is 17.7 Å². The number of fused-ring (bicyclic) bond motifs is 2. The molecule has 0 radical (unpaired) electrons. The van der Waals surface area contributed by atoms with Gasteiger partial charge in [-0.2, -0.15) is 5.10 Å². The molecule has 1 saturated heterocycles. The molecule has 192 valence electrons. The molecule has 5 aromatic rings. The number of aromatic amines is 2. The highest BCUT2D eigenvalue weighted by Crippen LogP contribution is 2.30. The van der Waals surface area contributed by atoms with Crippen LogP contribution in [-0.2, 0) is 4.79 Å². The Bertz CT molecular complexity index is 1660. The van der Waals surface area contributed by atoms with E-state index in [1.165, 1.54) is 0 Å². The van der Waals surface area contributed by atoms with Crippen LogP contribution in [-0.4, -0.2) is 64.9 Å². The van der Waals surface area contributed by atoms with Crippen LogP contribution in [0.25, 0.3) is 44.7 Å². The number of likely N-dealkylation sites (tertiary alicyclic amines) is 1. The summed E-state index contributed by atoms with van der Waals surface area (Å²) in [6.07, 6.45) is 10.8. The Labute approximate surface area is 218 Å². The molecule has 11 nitrogen and oxygen atoms in total. The summed E-state index contributed by atoms with van der Waals surface area (Å²) in [6.45, 7) is 5.51. The molecule has 38 heavy (non-hydrogen) atoms. The summed E-state index contributed by atoms with van der Waals surface area (Å²) >= 11 is 0. The predicted molar refractivity (Wildman–Crippen MR) is 143 cm³/mol. The molecule has 1 aliphatic rings. The maximum atomic E-state index is 13.1. The van der Waals surface area contributed by atoms with Gasteiger partial charge in [-0.25, -0.2) is 9.97 Å². The van der Waals surface area contributed by atoms with Crippen molar-refractivity contribution in [2.75, 3.05) is 18.4 Å².